The molecule has 0 atom stereocenters. The van der Waals surface area contributed by atoms with Crippen LogP contribution in [0.25, 0.3) is 0 Å². The fourth-order valence-corrected chi connectivity index (χ4v) is 3.61. The summed E-state index contributed by atoms with van der Waals surface area (Å²) in [6, 6.07) is 13.8. The minimum Gasteiger partial charge on any atom is -0.396 e. The molecule has 0 saturated carbocycles. The molecule has 0 unspecified atom stereocenters. The van der Waals surface area contributed by atoms with Crippen LogP contribution in [0.15, 0.2) is 46.9 Å². The van der Waals surface area contributed by atoms with Crippen LogP contribution in [0, 0.1) is 12.8 Å². The number of aliphatic hydroxyl groups is 1. The molecule has 6 heteroatoms. The first-order valence-electron chi connectivity index (χ1n) is 9.31. The summed E-state index contributed by atoms with van der Waals surface area (Å²) in [4.78, 5) is 14.4. The van der Waals surface area contributed by atoms with Crippen LogP contribution in [0.5, 0.6) is 0 Å². The molecule has 3 rings (SSSR count). The Morgan fingerprint density at radius 1 is 1.19 bits per heavy atom. The normalized spacial score (nSPS) is 14.9. The van der Waals surface area contributed by atoms with E-state index in [1.54, 1.807) is 0 Å². The summed E-state index contributed by atoms with van der Waals surface area (Å²) < 4.78 is 0.971. The van der Waals surface area contributed by atoms with Gasteiger partial charge in [0.15, 0.2) is 0 Å². The number of urea groups is 1. The first-order valence-corrected chi connectivity index (χ1v) is 10.1. The van der Waals surface area contributed by atoms with Gasteiger partial charge in [-0.3, -0.25) is 0 Å². The number of aryl methyl sites for hydroxylation is 1. The van der Waals surface area contributed by atoms with Gasteiger partial charge in [-0.15, -0.1) is 0 Å². The van der Waals surface area contributed by atoms with Crippen molar-refractivity contribution in [2.24, 2.45) is 5.92 Å². The van der Waals surface area contributed by atoms with Crippen molar-refractivity contribution in [1.29, 1.82) is 0 Å². The van der Waals surface area contributed by atoms with Gasteiger partial charge in [-0.1, -0.05) is 34.1 Å². The number of nitrogens with zero attached hydrogens (tertiary/aromatic N) is 1. The Balaban J connectivity index is 1.48. The van der Waals surface area contributed by atoms with Gasteiger partial charge in [0.1, 0.15) is 0 Å². The molecule has 2 aromatic rings. The number of hydrogen-bond acceptors (Lipinski definition) is 3. The van der Waals surface area contributed by atoms with Crippen molar-refractivity contribution in [2.45, 2.75) is 26.3 Å². The van der Waals surface area contributed by atoms with Gasteiger partial charge in [-0.2, -0.15) is 0 Å². The quantitative estimate of drug-likeness (QED) is 0.661. The van der Waals surface area contributed by atoms with Crippen LogP contribution in [-0.4, -0.2) is 30.8 Å². The second-order valence-electron chi connectivity index (χ2n) is 7.05. The van der Waals surface area contributed by atoms with E-state index in [0.717, 1.165) is 47.2 Å². The maximum absolute atomic E-state index is 12.1. The van der Waals surface area contributed by atoms with Gasteiger partial charge >= 0.3 is 6.03 Å². The summed E-state index contributed by atoms with van der Waals surface area (Å²) >= 11 is 3.47. The van der Waals surface area contributed by atoms with Crippen molar-refractivity contribution in [3.63, 3.8) is 0 Å². The van der Waals surface area contributed by atoms with Crippen LogP contribution in [0.1, 0.15) is 24.0 Å². The lowest BCUT2D eigenvalue weighted by Crippen LogP contribution is -2.34. The van der Waals surface area contributed by atoms with E-state index >= 15 is 0 Å². The van der Waals surface area contributed by atoms with Gasteiger partial charge < -0.3 is 20.6 Å². The number of carbonyl (C=O) groups is 1. The monoisotopic (exact) mass is 431 g/mol. The Labute approximate surface area is 168 Å². The smallest absolute Gasteiger partial charge is 0.319 e. The Hall–Kier alpha value is -2.05. The molecular weight excluding hydrogens is 406 g/mol. The van der Waals surface area contributed by atoms with Crippen molar-refractivity contribution in [1.82, 2.24) is 5.32 Å². The molecule has 2 amide bonds. The maximum atomic E-state index is 12.1. The lowest BCUT2D eigenvalue weighted by molar-refractivity contribution is 0.203. The highest BCUT2D eigenvalue weighted by Gasteiger charge is 2.18. The molecule has 1 heterocycles. The molecule has 0 radical (unpaired) electrons. The van der Waals surface area contributed by atoms with Crippen molar-refractivity contribution in [3.8, 4) is 0 Å². The minimum absolute atomic E-state index is 0.221. The summed E-state index contributed by atoms with van der Waals surface area (Å²) in [5.74, 6) is 0.442. The first-order chi connectivity index (χ1) is 13.0. The number of halogens is 1. The van der Waals surface area contributed by atoms with Gasteiger partial charge in [-0.05, 0) is 61.1 Å². The van der Waals surface area contributed by atoms with Gasteiger partial charge in [0, 0.05) is 42.1 Å². The fourth-order valence-electron chi connectivity index (χ4n) is 3.23. The van der Waals surface area contributed by atoms with Gasteiger partial charge in [-0.25, -0.2) is 4.79 Å². The number of rotatable bonds is 5. The van der Waals surface area contributed by atoms with Crippen LogP contribution in [-0.2, 0) is 6.54 Å². The molecule has 1 fully saturated rings. The SMILES string of the molecule is Cc1ccc(NC(=O)NCc2ccc(N3CCC(CO)CC3)cc2)cc1Br. The molecule has 27 heavy (non-hydrogen) atoms. The number of anilines is 2. The van der Waals surface area contributed by atoms with Crippen LogP contribution in [0.3, 0.4) is 0 Å². The summed E-state index contributed by atoms with van der Waals surface area (Å²) in [6.45, 7) is 4.74. The molecule has 3 N–H and O–H groups in total. The Morgan fingerprint density at radius 2 is 1.89 bits per heavy atom. The number of hydrogen-bond donors (Lipinski definition) is 3. The molecule has 5 nitrogen and oxygen atoms in total. The molecule has 0 aliphatic carbocycles. The molecule has 0 bridgehead atoms. The number of piperidine rings is 1. The standard InChI is InChI=1S/C21H26BrN3O2/c1-15-2-5-18(12-20(15)22)24-21(27)23-13-16-3-6-19(7-4-16)25-10-8-17(14-26)9-11-25/h2-7,12,17,26H,8-11,13-14H2,1H3,(H2,23,24,27). The van der Waals surface area contributed by atoms with Crippen molar-refractivity contribution < 1.29 is 9.90 Å². The van der Waals surface area contributed by atoms with E-state index < -0.39 is 0 Å². The highest BCUT2D eigenvalue weighted by atomic mass is 79.9. The Morgan fingerprint density at radius 3 is 2.52 bits per heavy atom. The van der Waals surface area contributed by atoms with E-state index in [0.29, 0.717) is 19.1 Å². The zero-order valence-electron chi connectivity index (χ0n) is 15.5. The Bertz CT molecular complexity index is 771. The maximum Gasteiger partial charge on any atom is 0.319 e. The lowest BCUT2D eigenvalue weighted by Gasteiger charge is -2.33. The van der Waals surface area contributed by atoms with Gasteiger partial charge in [0.25, 0.3) is 0 Å². The lowest BCUT2D eigenvalue weighted by atomic mass is 9.97. The molecule has 1 aliphatic rings. The Kier molecular flexibility index (Phi) is 6.74. The summed E-state index contributed by atoms with van der Waals surface area (Å²) in [5.41, 5.74) is 4.14. The minimum atomic E-state index is -0.221. The van der Waals surface area contributed by atoms with Crippen molar-refractivity contribution in [2.75, 3.05) is 29.9 Å². The molecule has 144 valence electrons. The average Bonchev–Trinajstić information content (AvgIpc) is 2.70. The second kappa shape index (κ2) is 9.24. The highest BCUT2D eigenvalue weighted by molar-refractivity contribution is 9.10. The first kappa shape index (κ1) is 19.7. The second-order valence-corrected chi connectivity index (χ2v) is 7.91. The van der Waals surface area contributed by atoms with E-state index in [2.05, 4.69) is 55.7 Å². The van der Waals surface area contributed by atoms with E-state index in [9.17, 15) is 9.90 Å². The van der Waals surface area contributed by atoms with Crippen LogP contribution in [0.4, 0.5) is 16.2 Å². The molecule has 1 aliphatic heterocycles. The van der Waals surface area contributed by atoms with Gasteiger partial charge in [0.05, 0.1) is 0 Å². The number of carbonyl (C=O) groups excluding carboxylic acids is 1. The van der Waals surface area contributed by atoms with Crippen LogP contribution < -0.4 is 15.5 Å². The molecule has 0 aromatic heterocycles. The van der Waals surface area contributed by atoms with E-state index in [4.69, 9.17) is 0 Å². The number of aliphatic hydroxyl groups excluding tert-OH is 1. The largest absolute Gasteiger partial charge is 0.396 e. The summed E-state index contributed by atoms with van der Waals surface area (Å²) in [7, 11) is 0. The summed E-state index contributed by atoms with van der Waals surface area (Å²) in [6.07, 6.45) is 2.07. The third-order valence-electron chi connectivity index (χ3n) is 5.06. The average molecular weight is 432 g/mol. The van der Waals surface area contributed by atoms with Crippen LogP contribution in [0.2, 0.25) is 0 Å². The topological polar surface area (TPSA) is 64.6 Å². The fraction of sp³-hybridized carbons (Fsp3) is 0.381. The molecule has 1 saturated heterocycles. The predicted octanol–water partition coefficient (Wildman–Crippen LogP) is 4.29. The van der Waals surface area contributed by atoms with Crippen molar-refractivity contribution >= 4 is 33.3 Å². The molecule has 0 spiro atoms. The van der Waals surface area contributed by atoms with Gasteiger partial charge in [0.2, 0.25) is 0 Å². The van der Waals surface area contributed by atoms with E-state index in [1.807, 2.05) is 25.1 Å². The molecule has 2 aromatic carbocycles. The highest BCUT2D eigenvalue weighted by Crippen LogP contribution is 2.23. The zero-order valence-corrected chi connectivity index (χ0v) is 17.1. The number of nitrogens with one attached hydrogen (secondary N) is 2. The third-order valence-corrected chi connectivity index (χ3v) is 5.91. The van der Waals surface area contributed by atoms with Crippen molar-refractivity contribution in [3.05, 3.63) is 58.1 Å². The summed E-state index contributed by atoms with van der Waals surface area (Å²) in [5, 5.41) is 15.0. The zero-order chi connectivity index (χ0) is 19.2. The van der Waals surface area contributed by atoms with Crippen LogP contribution >= 0.6 is 15.9 Å². The predicted molar refractivity (Wildman–Crippen MR) is 113 cm³/mol. The number of benzene rings is 2. The third kappa shape index (κ3) is 5.47. The van der Waals surface area contributed by atoms with E-state index in [1.165, 1.54) is 5.69 Å². The number of amides is 2. The molecular formula is C21H26BrN3O2. The van der Waals surface area contributed by atoms with E-state index in [-0.39, 0.29) is 6.03 Å².